The predicted molar refractivity (Wildman–Crippen MR) is 70.4 cm³/mol. The number of benzene rings is 1. The molecule has 0 aliphatic heterocycles. The molecule has 0 heterocycles. The van der Waals surface area contributed by atoms with Crippen LogP contribution in [0.1, 0.15) is 36.8 Å². The Morgan fingerprint density at radius 1 is 1.53 bits per heavy atom. The highest BCUT2D eigenvalue weighted by Gasteiger charge is 2.32. The standard InChI is InChI=1S/C14H18ClNO/c1-2-11(7-8-15)16-14(17)13-9-10-5-3-4-6-12(10)13/h3-6,11,13H,2,7-9H2,1H3,(H,16,17). The van der Waals surface area contributed by atoms with Crippen LogP contribution >= 0.6 is 11.6 Å². The summed E-state index contributed by atoms with van der Waals surface area (Å²) < 4.78 is 0. The molecule has 2 atom stereocenters. The molecule has 1 aliphatic rings. The smallest absolute Gasteiger partial charge is 0.228 e. The van der Waals surface area contributed by atoms with E-state index in [-0.39, 0.29) is 17.9 Å². The Kier molecular flexibility index (Phi) is 4.06. The van der Waals surface area contributed by atoms with Gasteiger partial charge in [0.15, 0.2) is 0 Å². The van der Waals surface area contributed by atoms with E-state index in [1.165, 1.54) is 11.1 Å². The molecule has 0 saturated heterocycles. The van der Waals surface area contributed by atoms with Crippen LogP contribution in [-0.4, -0.2) is 17.8 Å². The number of fused-ring (bicyclic) bond motifs is 1. The fourth-order valence-corrected chi connectivity index (χ4v) is 2.57. The summed E-state index contributed by atoms with van der Waals surface area (Å²) in [7, 11) is 0. The van der Waals surface area contributed by atoms with Crippen molar-refractivity contribution in [3.05, 3.63) is 35.4 Å². The van der Waals surface area contributed by atoms with Gasteiger partial charge in [-0.05, 0) is 30.4 Å². The predicted octanol–water partition coefficient (Wildman–Crippen LogP) is 2.85. The number of halogens is 1. The number of rotatable bonds is 5. The summed E-state index contributed by atoms with van der Waals surface area (Å²) in [4.78, 5) is 12.1. The third-order valence-electron chi connectivity index (χ3n) is 3.47. The average Bonchev–Trinajstić information content (AvgIpc) is 2.30. The molecule has 0 saturated carbocycles. The molecule has 0 radical (unpaired) electrons. The first-order chi connectivity index (χ1) is 8.26. The van der Waals surface area contributed by atoms with Crippen molar-refractivity contribution in [2.24, 2.45) is 0 Å². The Morgan fingerprint density at radius 3 is 2.94 bits per heavy atom. The van der Waals surface area contributed by atoms with E-state index in [1.54, 1.807) is 0 Å². The molecular formula is C14H18ClNO. The summed E-state index contributed by atoms with van der Waals surface area (Å²) in [6.07, 6.45) is 2.66. The number of nitrogens with one attached hydrogen (secondary N) is 1. The van der Waals surface area contributed by atoms with E-state index in [0.29, 0.717) is 5.88 Å². The molecule has 3 heteroatoms. The number of alkyl halides is 1. The van der Waals surface area contributed by atoms with Crippen molar-refractivity contribution in [2.45, 2.75) is 38.1 Å². The van der Waals surface area contributed by atoms with Crippen LogP contribution in [0.3, 0.4) is 0 Å². The molecule has 0 bridgehead atoms. The van der Waals surface area contributed by atoms with Gasteiger partial charge in [0.25, 0.3) is 0 Å². The normalized spacial score (nSPS) is 19.1. The van der Waals surface area contributed by atoms with Crippen molar-refractivity contribution in [1.29, 1.82) is 0 Å². The maximum absolute atomic E-state index is 12.1. The van der Waals surface area contributed by atoms with Crippen molar-refractivity contribution >= 4 is 17.5 Å². The Hall–Kier alpha value is -1.02. The first-order valence-corrected chi connectivity index (χ1v) is 6.73. The topological polar surface area (TPSA) is 29.1 Å². The van der Waals surface area contributed by atoms with Gasteiger partial charge < -0.3 is 5.32 Å². The van der Waals surface area contributed by atoms with E-state index in [1.807, 2.05) is 18.2 Å². The van der Waals surface area contributed by atoms with E-state index in [0.717, 1.165) is 19.3 Å². The fraction of sp³-hybridized carbons (Fsp3) is 0.500. The highest BCUT2D eigenvalue weighted by Crippen LogP contribution is 2.34. The van der Waals surface area contributed by atoms with Gasteiger partial charge in [-0.25, -0.2) is 0 Å². The summed E-state index contributed by atoms with van der Waals surface area (Å²) in [6, 6.07) is 8.37. The Labute approximate surface area is 107 Å². The van der Waals surface area contributed by atoms with Crippen LogP contribution in [0.2, 0.25) is 0 Å². The van der Waals surface area contributed by atoms with E-state index in [2.05, 4.69) is 18.3 Å². The van der Waals surface area contributed by atoms with Crippen LogP contribution in [0.5, 0.6) is 0 Å². The molecule has 2 rings (SSSR count). The van der Waals surface area contributed by atoms with Gasteiger partial charge in [-0.3, -0.25) is 4.79 Å². The van der Waals surface area contributed by atoms with Gasteiger partial charge in [-0.1, -0.05) is 31.2 Å². The summed E-state index contributed by atoms with van der Waals surface area (Å²) in [5, 5.41) is 3.09. The van der Waals surface area contributed by atoms with Crippen molar-refractivity contribution in [3.63, 3.8) is 0 Å². The third-order valence-corrected chi connectivity index (χ3v) is 3.69. The van der Waals surface area contributed by atoms with Crippen LogP contribution < -0.4 is 5.32 Å². The lowest BCUT2D eigenvalue weighted by molar-refractivity contribution is -0.123. The molecule has 2 unspecified atom stereocenters. The van der Waals surface area contributed by atoms with Gasteiger partial charge in [0.1, 0.15) is 0 Å². The van der Waals surface area contributed by atoms with Crippen LogP contribution in [-0.2, 0) is 11.2 Å². The maximum Gasteiger partial charge on any atom is 0.228 e. The highest BCUT2D eigenvalue weighted by atomic mass is 35.5. The molecule has 0 fully saturated rings. The molecule has 1 aromatic rings. The molecule has 1 N–H and O–H groups in total. The van der Waals surface area contributed by atoms with Gasteiger partial charge in [0.05, 0.1) is 5.92 Å². The number of carbonyl (C=O) groups excluding carboxylic acids is 1. The molecule has 92 valence electrons. The van der Waals surface area contributed by atoms with Gasteiger partial charge in [0.2, 0.25) is 5.91 Å². The van der Waals surface area contributed by atoms with Crippen LogP contribution in [0.25, 0.3) is 0 Å². The van der Waals surface area contributed by atoms with E-state index < -0.39 is 0 Å². The Bertz CT molecular complexity index is 405. The van der Waals surface area contributed by atoms with Crippen molar-refractivity contribution in [3.8, 4) is 0 Å². The first kappa shape index (κ1) is 12.4. The molecule has 2 nitrogen and oxygen atoms in total. The molecule has 1 aromatic carbocycles. The lowest BCUT2D eigenvalue weighted by atomic mass is 9.77. The van der Waals surface area contributed by atoms with Crippen LogP contribution in [0.15, 0.2) is 24.3 Å². The molecule has 1 amide bonds. The van der Waals surface area contributed by atoms with Crippen molar-refractivity contribution in [2.75, 3.05) is 5.88 Å². The number of amides is 1. The van der Waals surface area contributed by atoms with Crippen LogP contribution in [0.4, 0.5) is 0 Å². The summed E-state index contributed by atoms with van der Waals surface area (Å²) in [5.41, 5.74) is 2.49. The molecule has 0 spiro atoms. The Balaban J connectivity index is 1.95. The lowest BCUT2D eigenvalue weighted by Gasteiger charge is -2.30. The third kappa shape index (κ3) is 2.63. The summed E-state index contributed by atoms with van der Waals surface area (Å²) in [6.45, 7) is 2.08. The van der Waals surface area contributed by atoms with Crippen molar-refractivity contribution in [1.82, 2.24) is 5.32 Å². The quantitative estimate of drug-likeness (QED) is 0.801. The van der Waals surface area contributed by atoms with Gasteiger partial charge in [-0.15, -0.1) is 11.6 Å². The summed E-state index contributed by atoms with van der Waals surface area (Å²) >= 11 is 5.72. The number of carbonyl (C=O) groups is 1. The largest absolute Gasteiger partial charge is 0.353 e. The number of hydrogen-bond acceptors (Lipinski definition) is 1. The number of hydrogen-bond donors (Lipinski definition) is 1. The van der Waals surface area contributed by atoms with Crippen molar-refractivity contribution < 1.29 is 4.79 Å². The second-order valence-corrected chi connectivity index (χ2v) is 4.92. The minimum atomic E-state index is 0.0515. The molecule has 17 heavy (non-hydrogen) atoms. The van der Waals surface area contributed by atoms with E-state index in [9.17, 15) is 4.79 Å². The van der Waals surface area contributed by atoms with Gasteiger partial charge >= 0.3 is 0 Å². The Morgan fingerprint density at radius 2 is 2.29 bits per heavy atom. The summed E-state index contributed by atoms with van der Waals surface area (Å²) in [5.74, 6) is 0.802. The van der Waals surface area contributed by atoms with E-state index in [4.69, 9.17) is 11.6 Å². The monoisotopic (exact) mass is 251 g/mol. The minimum Gasteiger partial charge on any atom is -0.353 e. The highest BCUT2D eigenvalue weighted by molar-refractivity contribution is 6.17. The molecule has 1 aliphatic carbocycles. The second-order valence-electron chi connectivity index (χ2n) is 4.55. The SMILES string of the molecule is CCC(CCCl)NC(=O)C1Cc2ccccc21. The maximum atomic E-state index is 12.1. The van der Waals surface area contributed by atoms with Gasteiger partial charge in [-0.2, -0.15) is 0 Å². The zero-order chi connectivity index (χ0) is 12.3. The minimum absolute atomic E-state index is 0.0515. The fourth-order valence-electron chi connectivity index (χ4n) is 2.30. The average molecular weight is 252 g/mol. The van der Waals surface area contributed by atoms with E-state index >= 15 is 0 Å². The second kappa shape index (κ2) is 5.54. The molecule has 0 aromatic heterocycles. The van der Waals surface area contributed by atoms with Gasteiger partial charge in [0, 0.05) is 11.9 Å². The van der Waals surface area contributed by atoms with Crippen LogP contribution in [0, 0.1) is 0 Å². The lowest BCUT2D eigenvalue weighted by Crippen LogP contribution is -2.41. The zero-order valence-electron chi connectivity index (χ0n) is 10.1. The zero-order valence-corrected chi connectivity index (χ0v) is 10.8. The molecular weight excluding hydrogens is 234 g/mol. The first-order valence-electron chi connectivity index (χ1n) is 6.20.